The van der Waals surface area contributed by atoms with Gasteiger partial charge in [0.25, 0.3) is 5.91 Å². The van der Waals surface area contributed by atoms with Gasteiger partial charge in [0.2, 0.25) is 5.91 Å². The predicted octanol–water partition coefficient (Wildman–Crippen LogP) is 2.07. The molecule has 0 unspecified atom stereocenters. The molecule has 1 aromatic heterocycles. The van der Waals surface area contributed by atoms with Crippen LogP contribution in [0.1, 0.15) is 52.2 Å². The van der Waals surface area contributed by atoms with E-state index in [2.05, 4.69) is 6.07 Å². The Hall–Kier alpha value is -1.40. The smallest absolute Gasteiger partial charge is 0.263 e. The Bertz CT molecular complexity index is 661. The minimum atomic E-state index is -0.417. The van der Waals surface area contributed by atoms with Crippen LogP contribution >= 0.6 is 11.3 Å². The maximum atomic E-state index is 13.0. The number of aliphatic hydroxyl groups excluding tert-OH is 1. The Labute approximate surface area is 152 Å². The molecule has 3 heterocycles. The maximum absolute atomic E-state index is 13.0. The first-order valence-electron chi connectivity index (χ1n) is 9.44. The number of carbonyl (C=O) groups is 2. The van der Waals surface area contributed by atoms with Gasteiger partial charge < -0.3 is 14.9 Å². The fraction of sp³-hybridized carbons (Fsp3) is 0.684. The summed E-state index contributed by atoms with van der Waals surface area (Å²) in [6.07, 6.45) is 7.22. The van der Waals surface area contributed by atoms with Crippen LogP contribution in [0.4, 0.5) is 0 Å². The van der Waals surface area contributed by atoms with Crippen molar-refractivity contribution in [2.75, 3.05) is 32.8 Å². The van der Waals surface area contributed by atoms with E-state index in [0.29, 0.717) is 19.6 Å². The molecule has 0 aromatic carbocycles. The number of likely N-dealkylation sites (tertiary alicyclic amines) is 2. The van der Waals surface area contributed by atoms with Crippen molar-refractivity contribution in [2.45, 2.75) is 44.9 Å². The van der Waals surface area contributed by atoms with Crippen LogP contribution in [0.25, 0.3) is 0 Å². The Morgan fingerprint density at radius 1 is 1.20 bits per heavy atom. The van der Waals surface area contributed by atoms with Gasteiger partial charge in [-0.1, -0.05) is 0 Å². The lowest BCUT2D eigenvalue weighted by molar-refractivity contribution is -0.146. The Balaban J connectivity index is 1.49. The molecule has 3 aliphatic rings. The van der Waals surface area contributed by atoms with Gasteiger partial charge in [0.15, 0.2) is 0 Å². The number of aliphatic hydroxyl groups is 1. The number of thiophene rings is 1. The number of aryl methyl sites for hydroxylation is 2. The lowest BCUT2D eigenvalue weighted by Crippen LogP contribution is -2.51. The number of fused-ring (bicyclic) bond motifs is 1. The summed E-state index contributed by atoms with van der Waals surface area (Å²) in [6.45, 7) is 2.35. The highest BCUT2D eigenvalue weighted by molar-refractivity contribution is 7.14. The zero-order valence-electron chi connectivity index (χ0n) is 14.6. The van der Waals surface area contributed by atoms with Gasteiger partial charge in [0.05, 0.1) is 16.9 Å². The van der Waals surface area contributed by atoms with Crippen LogP contribution in [-0.4, -0.2) is 59.5 Å². The zero-order chi connectivity index (χ0) is 17.4. The summed E-state index contributed by atoms with van der Waals surface area (Å²) >= 11 is 1.66. The average molecular weight is 362 g/mol. The lowest BCUT2D eigenvalue weighted by atomic mass is 9.78. The van der Waals surface area contributed by atoms with Crippen LogP contribution in [0.3, 0.4) is 0 Å². The van der Waals surface area contributed by atoms with E-state index in [1.165, 1.54) is 23.3 Å². The minimum absolute atomic E-state index is 0.00517. The number of rotatable bonds is 3. The molecule has 0 bridgehead atoms. The van der Waals surface area contributed by atoms with Crippen LogP contribution < -0.4 is 0 Å². The van der Waals surface area contributed by atoms with Crippen molar-refractivity contribution in [3.05, 3.63) is 21.4 Å². The third-order valence-corrected chi connectivity index (χ3v) is 7.27. The van der Waals surface area contributed by atoms with Gasteiger partial charge in [0.1, 0.15) is 0 Å². The van der Waals surface area contributed by atoms with Crippen LogP contribution in [0.2, 0.25) is 0 Å². The number of piperidine rings is 1. The third-order valence-electron chi connectivity index (χ3n) is 6.04. The van der Waals surface area contributed by atoms with Gasteiger partial charge in [-0.25, -0.2) is 0 Å². The van der Waals surface area contributed by atoms with Crippen molar-refractivity contribution in [1.82, 2.24) is 9.80 Å². The van der Waals surface area contributed by atoms with Gasteiger partial charge in [-0.2, -0.15) is 0 Å². The SMILES string of the molecule is O=C(c1cc2c(s1)CCCC2)N1CC[C@]2(CCCN(CCO)C2=O)C1. The van der Waals surface area contributed by atoms with Crippen molar-refractivity contribution in [1.29, 1.82) is 0 Å². The molecule has 1 spiro atoms. The molecule has 1 aromatic rings. The molecular weight excluding hydrogens is 336 g/mol. The predicted molar refractivity (Wildman–Crippen MR) is 96.8 cm³/mol. The van der Waals surface area contributed by atoms with E-state index < -0.39 is 5.41 Å². The monoisotopic (exact) mass is 362 g/mol. The molecule has 2 fully saturated rings. The topological polar surface area (TPSA) is 60.9 Å². The second-order valence-electron chi connectivity index (χ2n) is 7.64. The standard InChI is InChI=1S/C19H26N2O3S/c22-11-10-20-8-3-6-19(18(20)24)7-9-21(13-19)17(23)16-12-14-4-1-2-5-15(14)25-16/h12,22H,1-11,13H2/t19-/m1/s1. The molecule has 1 atom stereocenters. The van der Waals surface area contributed by atoms with E-state index in [-0.39, 0.29) is 18.4 Å². The van der Waals surface area contributed by atoms with Crippen LogP contribution in [0.5, 0.6) is 0 Å². The summed E-state index contributed by atoms with van der Waals surface area (Å²) in [4.78, 5) is 31.8. The first-order valence-corrected chi connectivity index (χ1v) is 10.3. The molecule has 1 N–H and O–H groups in total. The molecule has 5 nitrogen and oxygen atoms in total. The molecule has 6 heteroatoms. The van der Waals surface area contributed by atoms with Crippen LogP contribution in [-0.2, 0) is 17.6 Å². The second kappa shape index (κ2) is 6.72. The maximum Gasteiger partial charge on any atom is 0.263 e. The van der Waals surface area contributed by atoms with E-state index in [4.69, 9.17) is 0 Å². The second-order valence-corrected chi connectivity index (χ2v) is 8.78. The fourth-order valence-electron chi connectivity index (χ4n) is 4.66. The zero-order valence-corrected chi connectivity index (χ0v) is 15.4. The fourth-order valence-corrected chi connectivity index (χ4v) is 5.88. The summed E-state index contributed by atoms with van der Waals surface area (Å²) in [5, 5.41) is 9.18. The van der Waals surface area contributed by atoms with Crippen molar-refractivity contribution in [3.8, 4) is 0 Å². The third kappa shape index (κ3) is 2.99. The molecule has 136 valence electrons. The largest absolute Gasteiger partial charge is 0.395 e. The van der Waals surface area contributed by atoms with E-state index in [1.807, 2.05) is 4.90 Å². The summed E-state index contributed by atoms with van der Waals surface area (Å²) in [7, 11) is 0. The van der Waals surface area contributed by atoms with Gasteiger partial charge in [-0.15, -0.1) is 11.3 Å². The number of nitrogens with zero attached hydrogens (tertiary/aromatic N) is 2. The van der Waals surface area contributed by atoms with Crippen LogP contribution in [0.15, 0.2) is 6.07 Å². The summed E-state index contributed by atoms with van der Waals surface area (Å²) in [6, 6.07) is 2.09. The van der Waals surface area contributed by atoms with Crippen molar-refractivity contribution < 1.29 is 14.7 Å². The Morgan fingerprint density at radius 3 is 2.84 bits per heavy atom. The van der Waals surface area contributed by atoms with Gasteiger partial charge in [-0.3, -0.25) is 9.59 Å². The Morgan fingerprint density at radius 2 is 2.04 bits per heavy atom. The first-order chi connectivity index (χ1) is 12.1. The van der Waals surface area contributed by atoms with Crippen LogP contribution in [0, 0.1) is 5.41 Å². The number of hydrogen-bond donors (Lipinski definition) is 1. The van der Waals surface area contributed by atoms with E-state index >= 15 is 0 Å². The quantitative estimate of drug-likeness (QED) is 0.895. The number of amides is 2. The minimum Gasteiger partial charge on any atom is -0.395 e. The number of carbonyl (C=O) groups excluding carboxylic acids is 2. The van der Waals surface area contributed by atoms with E-state index in [0.717, 1.165) is 43.5 Å². The van der Waals surface area contributed by atoms with Crippen molar-refractivity contribution >= 4 is 23.2 Å². The molecule has 1 aliphatic carbocycles. The normalized spacial score (nSPS) is 26.4. The molecule has 0 saturated carbocycles. The van der Waals surface area contributed by atoms with Gasteiger partial charge in [0, 0.05) is 31.1 Å². The number of β-amino-alcohol motifs (C(OH)–C–C–N with tert-alkyl or cyclic N) is 1. The number of hydrogen-bond acceptors (Lipinski definition) is 4. The molecule has 2 amide bonds. The molecule has 25 heavy (non-hydrogen) atoms. The Kier molecular flexibility index (Phi) is 4.58. The van der Waals surface area contributed by atoms with Crippen molar-refractivity contribution in [3.63, 3.8) is 0 Å². The van der Waals surface area contributed by atoms with Crippen molar-refractivity contribution in [2.24, 2.45) is 5.41 Å². The highest BCUT2D eigenvalue weighted by Gasteiger charge is 2.49. The van der Waals surface area contributed by atoms with Gasteiger partial charge in [-0.05, 0) is 56.6 Å². The lowest BCUT2D eigenvalue weighted by Gasteiger charge is -2.39. The van der Waals surface area contributed by atoms with E-state index in [9.17, 15) is 14.7 Å². The molecule has 2 saturated heterocycles. The first kappa shape index (κ1) is 17.0. The van der Waals surface area contributed by atoms with E-state index in [1.54, 1.807) is 16.2 Å². The summed E-state index contributed by atoms with van der Waals surface area (Å²) < 4.78 is 0. The molecule has 0 radical (unpaired) electrons. The average Bonchev–Trinajstić information content (AvgIpc) is 3.24. The summed E-state index contributed by atoms with van der Waals surface area (Å²) in [5.74, 6) is 0.233. The molecular formula is C19H26N2O3S. The molecule has 2 aliphatic heterocycles. The summed E-state index contributed by atoms with van der Waals surface area (Å²) in [5.41, 5.74) is 0.941. The highest BCUT2D eigenvalue weighted by Crippen LogP contribution is 2.41. The highest BCUT2D eigenvalue weighted by atomic mass is 32.1. The molecule has 4 rings (SSSR count). The van der Waals surface area contributed by atoms with Gasteiger partial charge >= 0.3 is 0 Å².